The van der Waals surface area contributed by atoms with Crippen LogP contribution in [-0.2, 0) is 6.42 Å². The fourth-order valence-electron chi connectivity index (χ4n) is 3.56. The lowest BCUT2D eigenvalue weighted by Crippen LogP contribution is -2.37. The first kappa shape index (κ1) is 19.5. The lowest BCUT2D eigenvalue weighted by Gasteiger charge is -2.25. The van der Waals surface area contributed by atoms with Crippen LogP contribution in [0, 0.1) is 0 Å². The third-order valence-corrected chi connectivity index (χ3v) is 5.12. The molecule has 1 aromatic carbocycles. The number of allylic oxidation sites excluding steroid dienone is 1. The van der Waals surface area contributed by atoms with Gasteiger partial charge in [-0.25, -0.2) is 4.79 Å². The Morgan fingerprint density at radius 3 is 2.76 bits per heavy atom. The molecular weight excluding hydrogens is 310 g/mol. The summed E-state index contributed by atoms with van der Waals surface area (Å²) in [6.45, 7) is 9.82. The van der Waals surface area contributed by atoms with Crippen molar-refractivity contribution >= 4 is 11.7 Å². The van der Waals surface area contributed by atoms with Crippen LogP contribution >= 0.6 is 0 Å². The molecule has 1 aliphatic heterocycles. The highest BCUT2D eigenvalue weighted by molar-refractivity contribution is 5.91. The lowest BCUT2D eigenvalue weighted by atomic mass is 9.96. The van der Waals surface area contributed by atoms with Crippen molar-refractivity contribution in [2.75, 3.05) is 32.5 Å². The van der Waals surface area contributed by atoms with Crippen LogP contribution < -0.4 is 5.32 Å². The number of likely N-dealkylation sites (tertiary alicyclic amines) is 1. The summed E-state index contributed by atoms with van der Waals surface area (Å²) in [6.07, 6.45) is 5.90. The maximum atomic E-state index is 12.9. The Morgan fingerprint density at radius 2 is 2.12 bits per heavy atom. The van der Waals surface area contributed by atoms with Crippen LogP contribution in [0.15, 0.2) is 30.9 Å². The van der Waals surface area contributed by atoms with Crippen molar-refractivity contribution in [2.45, 2.75) is 51.5 Å². The van der Waals surface area contributed by atoms with E-state index in [-0.39, 0.29) is 6.03 Å². The SMILES string of the molecule is C=CCc1cccc(C(C)C)c1NC(=O)N1CCC[C@H](N(C)C)CC1. The molecule has 0 radical (unpaired) electrons. The van der Waals surface area contributed by atoms with Gasteiger partial charge in [0.05, 0.1) is 0 Å². The first-order valence-corrected chi connectivity index (χ1v) is 9.39. The van der Waals surface area contributed by atoms with Gasteiger partial charge in [-0.15, -0.1) is 6.58 Å². The summed E-state index contributed by atoms with van der Waals surface area (Å²) in [7, 11) is 4.25. The minimum absolute atomic E-state index is 0.0258. The van der Waals surface area contributed by atoms with Gasteiger partial charge in [-0.05, 0) is 56.8 Å². The molecule has 0 aliphatic carbocycles. The summed E-state index contributed by atoms with van der Waals surface area (Å²) >= 11 is 0. The van der Waals surface area contributed by atoms with Crippen LogP contribution in [0.2, 0.25) is 0 Å². The zero-order valence-electron chi connectivity index (χ0n) is 16.2. The van der Waals surface area contributed by atoms with Crippen LogP contribution in [-0.4, -0.2) is 49.1 Å². The van der Waals surface area contributed by atoms with Crippen molar-refractivity contribution in [3.8, 4) is 0 Å². The van der Waals surface area contributed by atoms with Gasteiger partial charge >= 0.3 is 6.03 Å². The number of anilines is 1. The second-order valence-electron chi connectivity index (χ2n) is 7.49. The summed E-state index contributed by atoms with van der Waals surface area (Å²) in [6, 6.07) is 6.84. The monoisotopic (exact) mass is 343 g/mol. The second kappa shape index (κ2) is 9.04. The van der Waals surface area contributed by atoms with E-state index in [1.165, 1.54) is 5.56 Å². The molecule has 1 fully saturated rings. The number of benzene rings is 1. The number of carbonyl (C=O) groups is 1. The van der Waals surface area contributed by atoms with E-state index in [1.807, 2.05) is 11.0 Å². The van der Waals surface area contributed by atoms with Gasteiger partial charge in [0.15, 0.2) is 0 Å². The van der Waals surface area contributed by atoms with Gasteiger partial charge in [0, 0.05) is 24.8 Å². The van der Waals surface area contributed by atoms with Crippen molar-refractivity contribution < 1.29 is 4.79 Å². The first-order chi connectivity index (χ1) is 11.9. The highest BCUT2D eigenvalue weighted by Crippen LogP contribution is 2.29. The minimum atomic E-state index is 0.0258. The predicted molar refractivity (Wildman–Crippen MR) is 106 cm³/mol. The molecule has 2 rings (SSSR count). The molecule has 2 amide bonds. The van der Waals surface area contributed by atoms with Crippen molar-refractivity contribution in [1.29, 1.82) is 0 Å². The fourth-order valence-corrected chi connectivity index (χ4v) is 3.56. The molecule has 0 saturated carbocycles. The molecule has 1 heterocycles. The number of nitrogens with one attached hydrogen (secondary N) is 1. The Bertz CT molecular complexity index is 595. The number of para-hydroxylation sites is 1. The summed E-state index contributed by atoms with van der Waals surface area (Å²) < 4.78 is 0. The highest BCUT2D eigenvalue weighted by Gasteiger charge is 2.23. The average Bonchev–Trinajstić information content (AvgIpc) is 2.82. The zero-order valence-corrected chi connectivity index (χ0v) is 16.2. The summed E-state index contributed by atoms with van der Waals surface area (Å²) in [5, 5.41) is 3.21. The number of hydrogen-bond donors (Lipinski definition) is 1. The molecule has 1 atom stereocenters. The molecule has 1 aliphatic rings. The maximum Gasteiger partial charge on any atom is 0.321 e. The summed E-state index contributed by atoms with van der Waals surface area (Å²) in [5.41, 5.74) is 3.29. The van der Waals surface area contributed by atoms with Gasteiger partial charge in [-0.3, -0.25) is 0 Å². The maximum absolute atomic E-state index is 12.9. The molecule has 4 nitrogen and oxygen atoms in total. The third-order valence-electron chi connectivity index (χ3n) is 5.12. The Balaban J connectivity index is 2.15. The standard InChI is InChI=1S/C21H33N3O/c1-6-9-17-10-7-12-19(16(2)3)20(17)22-21(25)24-14-8-11-18(13-15-24)23(4)5/h6-7,10,12,16,18H,1,8-9,11,13-15H2,2-5H3,(H,22,25)/t18-/m0/s1. The van der Waals surface area contributed by atoms with Crippen molar-refractivity contribution in [2.24, 2.45) is 0 Å². The molecule has 0 unspecified atom stereocenters. The number of urea groups is 1. The smallest absolute Gasteiger partial charge is 0.321 e. The van der Waals surface area contributed by atoms with E-state index in [9.17, 15) is 4.79 Å². The first-order valence-electron chi connectivity index (χ1n) is 9.39. The van der Waals surface area contributed by atoms with Crippen LogP contribution in [0.4, 0.5) is 10.5 Å². The fraction of sp³-hybridized carbons (Fsp3) is 0.571. The quantitative estimate of drug-likeness (QED) is 0.800. The summed E-state index contributed by atoms with van der Waals surface area (Å²) in [4.78, 5) is 17.1. The molecule has 0 aromatic heterocycles. The Hall–Kier alpha value is -1.81. The van der Waals surface area contributed by atoms with Gasteiger partial charge in [-0.2, -0.15) is 0 Å². The average molecular weight is 344 g/mol. The van der Waals surface area contributed by atoms with Crippen molar-refractivity contribution in [3.05, 3.63) is 42.0 Å². The van der Waals surface area contributed by atoms with Crippen molar-refractivity contribution in [1.82, 2.24) is 9.80 Å². The highest BCUT2D eigenvalue weighted by atomic mass is 16.2. The number of rotatable bonds is 5. The van der Waals surface area contributed by atoms with Crippen LogP contribution in [0.5, 0.6) is 0 Å². The number of hydrogen-bond acceptors (Lipinski definition) is 2. The van der Waals surface area contributed by atoms with E-state index in [0.717, 1.165) is 50.0 Å². The Kier molecular flexibility index (Phi) is 7.06. The molecule has 4 heteroatoms. The van der Waals surface area contributed by atoms with E-state index in [0.29, 0.717) is 12.0 Å². The van der Waals surface area contributed by atoms with Gasteiger partial charge < -0.3 is 15.1 Å². The molecule has 1 saturated heterocycles. The number of carbonyl (C=O) groups excluding carboxylic acids is 1. The molecule has 1 aromatic rings. The van der Waals surface area contributed by atoms with E-state index in [4.69, 9.17) is 0 Å². The Labute approximate surface area is 152 Å². The normalized spacial score (nSPS) is 18.3. The molecule has 0 spiro atoms. The van der Waals surface area contributed by atoms with Gasteiger partial charge in [0.1, 0.15) is 0 Å². The topological polar surface area (TPSA) is 35.6 Å². The molecule has 25 heavy (non-hydrogen) atoms. The minimum Gasteiger partial charge on any atom is -0.324 e. The number of amides is 2. The molecule has 0 bridgehead atoms. The molecular formula is C21H33N3O. The number of nitrogens with zero attached hydrogens (tertiary/aromatic N) is 2. The lowest BCUT2D eigenvalue weighted by molar-refractivity contribution is 0.210. The third kappa shape index (κ3) is 5.08. The van der Waals surface area contributed by atoms with Gasteiger partial charge in [-0.1, -0.05) is 38.1 Å². The van der Waals surface area contributed by atoms with Crippen LogP contribution in [0.25, 0.3) is 0 Å². The molecule has 1 N–H and O–H groups in total. The van der Waals surface area contributed by atoms with E-state index in [1.54, 1.807) is 0 Å². The van der Waals surface area contributed by atoms with Crippen LogP contribution in [0.3, 0.4) is 0 Å². The zero-order chi connectivity index (χ0) is 18.4. The molecule has 138 valence electrons. The van der Waals surface area contributed by atoms with Gasteiger partial charge in [0.2, 0.25) is 0 Å². The van der Waals surface area contributed by atoms with Crippen LogP contribution in [0.1, 0.15) is 50.2 Å². The van der Waals surface area contributed by atoms with Gasteiger partial charge in [0.25, 0.3) is 0 Å². The van der Waals surface area contributed by atoms with E-state index >= 15 is 0 Å². The van der Waals surface area contributed by atoms with Crippen molar-refractivity contribution in [3.63, 3.8) is 0 Å². The van der Waals surface area contributed by atoms with E-state index in [2.05, 4.69) is 62.9 Å². The predicted octanol–water partition coefficient (Wildman–Crippen LogP) is 4.49. The summed E-state index contributed by atoms with van der Waals surface area (Å²) in [5.74, 6) is 0.363. The Morgan fingerprint density at radius 1 is 1.36 bits per heavy atom. The second-order valence-corrected chi connectivity index (χ2v) is 7.49. The van der Waals surface area contributed by atoms with E-state index < -0.39 is 0 Å². The largest absolute Gasteiger partial charge is 0.324 e.